The quantitative estimate of drug-likeness (QED) is 0.0343. The molecular formula is C31H62N2O12. The molecule has 0 saturated heterocycles. The summed E-state index contributed by atoms with van der Waals surface area (Å²) in [6.07, 6.45) is -3.79. The summed E-state index contributed by atoms with van der Waals surface area (Å²) in [5.74, 6) is -1.51. The van der Waals surface area contributed by atoms with Crippen molar-refractivity contribution in [2.24, 2.45) is 5.41 Å². The molecule has 0 fully saturated rings. The van der Waals surface area contributed by atoms with Crippen LogP contribution in [0.4, 0.5) is 0 Å². The molecule has 2 amide bonds. The number of unbranched alkanes of at least 4 members (excludes halogenated alkanes) is 10. The normalized spacial score (nSPS) is 17.5. The average Bonchev–Trinajstić information content (AvgIpc) is 3.05. The molecule has 0 saturated carbocycles. The van der Waals surface area contributed by atoms with Crippen molar-refractivity contribution in [3.8, 4) is 0 Å². The first-order valence-corrected chi connectivity index (χ1v) is 16.6. The maximum absolute atomic E-state index is 13.8. The molecule has 8 atom stereocenters. The summed E-state index contributed by atoms with van der Waals surface area (Å²) in [5.41, 5.74) is -1.67. The number of hydrogen-bond acceptors (Lipinski definition) is 12. The third-order valence-corrected chi connectivity index (χ3v) is 8.38. The number of amides is 2. The van der Waals surface area contributed by atoms with E-state index in [4.69, 9.17) is 10.2 Å². The highest BCUT2D eigenvalue weighted by molar-refractivity contribution is 6.05. The van der Waals surface area contributed by atoms with Gasteiger partial charge in [-0.1, -0.05) is 90.9 Å². The highest BCUT2D eigenvalue weighted by Crippen LogP contribution is 2.33. The zero-order valence-corrected chi connectivity index (χ0v) is 27.1. The molecule has 14 heteroatoms. The minimum Gasteiger partial charge on any atom is -0.394 e. The Morgan fingerprint density at radius 3 is 1.09 bits per heavy atom. The third kappa shape index (κ3) is 15.8. The van der Waals surface area contributed by atoms with Crippen LogP contribution in [0.5, 0.6) is 0 Å². The molecule has 0 aromatic carbocycles. The van der Waals surface area contributed by atoms with Crippen LogP contribution in [-0.2, 0) is 9.59 Å². The smallest absolute Gasteiger partial charge is 0.235 e. The third-order valence-electron chi connectivity index (χ3n) is 8.38. The van der Waals surface area contributed by atoms with Gasteiger partial charge in [-0.25, -0.2) is 0 Å². The Labute approximate surface area is 267 Å². The molecule has 12 N–H and O–H groups in total. The summed E-state index contributed by atoms with van der Waals surface area (Å²) >= 11 is 0. The molecule has 45 heavy (non-hydrogen) atoms. The topological polar surface area (TPSA) is 260 Å². The molecule has 0 aliphatic carbocycles. The van der Waals surface area contributed by atoms with Crippen molar-refractivity contribution in [1.82, 2.24) is 10.6 Å². The molecule has 0 aromatic heterocycles. The number of hydrogen-bond donors (Lipinski definition) is 12. The monoisotopic (exact) mass is 654 g/mol. The lowest BCUT2D eigenvalue weighted by atomic mass is 9.75. The minimum absolute atomic E-state index is 0.126. The van der Waals surface area contributed by atoms with Crippen LogP contribution >= 0.6 is 0 Å². The van der Waals surface area contributed by atoms with Gasteiger partial charge in [0.2, 0.25) is 11.8 Å². The van der Waals surface area contributed by atoms with Gasteiger partial charge in [-0.2, -0.15) is 0 Å². The van der Waals surface area contributed by atoms with E-state index in [0.29, 0.717) is 12.8 Å². The van der Waals surface area contributed by atoms with E-state index >= 15 is 0 Å². The van der Waals surface area contributed by atoms with Crippen LogP contribution in [0.3, 0.4) is 0 Å². The van der Waals surface area contributed by atoms with Crippen molar-refractivity contribution in [1.29, 1.82) is 0 Å². The zero-order valence-electron chi connectivity index (χ0n) is 27.1. The van der Waals surface area contributed by atoms with Crippen LogP contribution in [0.15, 0.2) is 0 Å². The van der Waals surface area contributed by atoms with Gasteiger partial charge in [0.05, 0.1) is 25.4 Å². The predicted octanol–water partition coefficient (Wildman–Crippen LogP) is -1.42. The second kappa shape index (κ2) is 24.7. The molecule has 0 heterocycles. The van der Waals surface area contributed by atoms with Crippen molar-refractivity contribution in [3.63, 3.8) is 0 Å². The van der Waals surface area contributed by atoms with Crippen molar-refractivity contribution in [2.45, 2.75) is 153 Å². The van der Waals surface area contributed by atoms with E-state index < -0.39 is 92.4 Å². The first-order chi connectivity index (χ1) is 21.3. The molecule has 268 valence electrons. The summed E-state index contributed by atoms with van der Waals surface area (Å²) < 4.78 is 0. The van der Waals surface area contributed by atoms with Crippen LogP contribution in [0.25, 0.3) is 0 Å². The van der Waals surface area contributed by atoms with Gasteiger partial charge in [0.15, 0.2) is 0 Å². The first kappa shape index (κ1) is 43.5. The van der Waals surface area contributed by atoms with Crippen molar-refractivity contribution < 1.29 is 60.7 Å². The number of aliphatic hydroxyl groups excluding tert-OH is 10. The SMILES string of the molecule is CCCCCCCCC(CCCCCCCC)(C(=O)NC[C@@H](O)[C@H](O)[C@@H](O)[C@H](O)CO)C(=O)NC[C@@H](O)[C@H](O)[C@@H](O)[C@H](O)CO. The minimum atomic E-state index is -1.91. The van der Waals surface area contributed by atoms with E-state index in [9.17, 15) is 50.4 Å². The highest BCUT2D eigenvalue weighted by atomic mass is 16.4. The lowest BCUT2D eigenvalue weighted by Gasteiger charge is -2.33. The Morgan fingerprint density at radius 1 is 0.489 bits per heavy atom. The number of nitrogens with one attached hydrogen (secondary N) is 2. The van der Waals surface area contributed by atoms with Crippen LogP contribution in [0.1, 0.15) is 104 Å². The van der Waals surface area contributed by atoms with Gasteiger partial charge in [-0.3, -0.25) is 9.59 Å². The molecule has 0 rings (SSSR count). The van der Waals surface area contributed by atoms with Gasteiger partial charge in [-0.15, -0.1) is 0 Å². The summed E-state index contributed by atoms with van der Waals surface area (Å²) in [7, 11) is 0. The maximum Gasteiger partial charge on any atom is 0.235 e. The Balaban J connectivity index is 5.99. The fourth-order valence-corrected chi connectivity index (χ4v) is 5.20. The number of carbonyl (C=O) groups excluding carboxylic acids is 2. The van der Waals surface area contributed by atoms with E-state index in [-0.39, 0.29) is 12.8 Å². The zero-order chi connectivity index (χ0) is 34.4. The molecular weight excluding hydrogens is 592 g/mol. The summed E-state index contributed by atoms with van der Waals surface area (Å²) in [6.45, 7) is 1.28. The Bertz CT molecular complexity index is 715. The highest BCUT2D eigenvalue weighted by Gasteiger charge is 2.45. The van der Waals surface area contributed by atoms with Crippen LogP contribution in [0.2, 0.25) is 0 Å². The van der Waals surface area contributed by atoms with Crippen LogP contribution < -0.4 is 10.6 Å². The van der Waals surface area contributed by atoms with Gasteiger partial charge < -0.3 is 61.7 Å². The van der Waals surface area contributed by atoms with E-state index in [0.717, 1.165) is 64.2 Å². The molecule has 0 radical (unpaired) electrons. The average molecular weight is 655 g/mol. The molecule has 0 spiro atoms. The Kier molecular flexibility index (Phi) is 23.9. The Morgan fingerprint density at radius 2 is 0.778 bits per heavy atom. The van der Waals surface area contributed by atoms with Crippen molar-refractivity contribution >= 4 is 11.8 Å². The van der Waals surface area contributed by atoms with Gasteiger partial charge >= 0.3 is 0 Å². The number of carbonyl (C=O) groups is 2. The molecule has 14 nitrogen and oxygen atoms in total. The lowest BCUT2D eigenvalue weighted by molar-refractivity contribution is -0.147. The summed E-state index contributed by atoms with van der Waals surface area (Å²) in [4.78, 5) is 27.6. The fraction of sp³-hybridized carbons (Fsp3) is 0.935. The van der Waals surface area contributed by atoms with E-state index in [1.165, 1.54) is 0 Å². The second-order valence-corrected chi connectivity index (χ2v) is 12.1. The largest absolute Gasteiger partial charge is 0.394 e. The van der Waals surface area contributed by atoms with E-state index in [2.05, 4.69) is 24.5 Å². The lowest BCUT2D eigenvalue weighted by Crippen LogP contribution is -2.56. The van der Waals surface area contributed by atoms with Gasteiger partial charge in [0.1, 0.15) is 42.0 Å². The van der Waals surface area contributed by atoms with Gasteiger partial charge in [-0.05, 0) is 12.8 Å². The summed E-state index contributed by atoms with van der Waals surface area (Å²) in [5, 5.41) is 103. The molecule has 0 bridgehead atoms. The van der Waals surface area contributed by atoms with Crippen LogP contribution in [-0.4, -0.2) is 138 Å². The van der Waals surface area contributed by atoms with Crippen molar-refractivity contribution in [2.75, 3.05) is 26.3 Å². The standard InChI is InChI=1S/C31H62N2O12/c1-3-5-7-9-11-13-15-31(16-14-12-10-8-6-4-2,29(44)32-17-21(36)25(40)27(42)23(38)19-34)30(45)33-18-22(37)26(41)28(43)24(39)20-35/h21-28,34-43H,3-20H2,1-2H3,(H,32,44)(H,33,45)/t21-,22-,23-,24-,25+,26+,27+,28+/m1/s1. The van der Waals surface area contributed by atoms with E-state index in [1.54, 1.807) is 0 Å². The maximum atomic E-state index is 13.8. The van der Waals surface area contributed by atoms with Gasteiger partial charge in [0.25, 0.3) is 0 Å². The second-order valence-electron chi connectivity index (χ2n) is 12.1. The Hall–Kier alpha value is -1.46. The van der Waals surface area contributed by atoms with Crippen LogP contribution in [0, 0.1) is 5.41 Å². The van der Waals surface area contributed by atoms with Crippen molar-refractivity contribution in [3.05, 3.63) is 0 Å². The molecule has 0 unspecified atom stereocenters. The molecule has 0 aromatic rings. The van der Waals surface area contributed by atoms with E-state index in [1.807, 2.05) is 0 Å². The number of rotatable bonds is 28. The molecule has 0 aliphatic heterocycles. The molecule has 0 aliphatic rings. The predicted molar refractivity (Wildman–Crippen MR) is 167 cm³/mol. The summed E-state index contributed by atoms with van der Waals surface area (Å²) in [6, 6.07) is 0. The number of aliphatic hydroxyl groups is 10. The fourth-order valence-electron chi connectivity index (χ4n) is 5.20. The van der Waals surface area contributed by atoms with Gasteiger partial charge in [0, 0.05) is 13.1 Å². The first-order valence-electron chi connectivity index (χ1n) is 16.6.